The predicted octanol–water partition coefficient (Wildman–Crippen LogP) is 5.28. The number of carbonyl (C=O) groups is 2. The van der Waals surface area contributed by atoms with Crippen LogP contribution in [0.4, 0.5) is 0 Å². The molecule has 39 heavy (non-hydrogen) atoms. The summed E-state index contributed by atoms with van der Waals surface area (Å²) in [6.45, 7) is 5.43. The molecule has 7 nitrogen and oxygen atoms in total. The summed E-state index contributed by atoms with van der Waals surface area (Å²) < 4.78 is 6.12. The van der Waals surface area contributed by atoms with Crippen molar-refractivity contribution < 1.29 is 14.3 Å². The quantitative estimate of drug-likeness (QED) is 0.312. The minimum Gasteiger partial charge on any atom is -0.486 e. The minimum atomic E-state index is -0.205. The highest BCUT2D eigenvalue weighted by Crippen LogP contribution is 2.37. The fourth-order valence-corrected chi connectivity index (χ4v) is 5.52. The number of nitrogens with one attached hydrogen (secondary N) is 1. The third-order valence-corrected chi connectivity index (χ3v) is 7.72. The molecule has 0 saturated heterocycles. The van der Waals surface area contributed by atoms with E-state index in [9.17, 15) is 9.59 Å². The van der Waals surface area contributed by atoms with Crippen molar-refractivity contribution in [3.05, 3.63) is 111 Å². The van der Waals surface area contributed by atoms with Gasteiger partial charge >= 0.3 is 0 Å². The predicted molar refractivity (Wildman–Crippen MR) is 152 cm³/mol. The second-order valence-electron chi connectivity index (χ2n) is 9.61. The van der Waals surface area contributed by atoms with Crippen molar-refractivity contribution in [3.8, 4) is 5.75 Å². The summed E-state index contributed by atoms with van der Waals surface area (Å²) in [7, 11) is 0. The number of ether oxygens (including phenoxy) is 1. The number of benzene rings is 2. The summed E-state index contributed by atoms with van der Waals surface area (Å²) in [5, 5.41) is 5.38. The SMILES string of the molecule is CCC(=O)N1CCc2ccc(OCc3nc(C(=O)NCCc4ccccn4)cs3)cc2[C@H]1c1ccc(C)cc1. The Morgan fingerprint density at radius 1 is 1.13 bits per heavy atom. The van der Waals surface area contributed by atoms with Crippen molar-refractivity contribution in [1.29, 1.82) is 0 Å². The Morgan fingerprint density at radius 3 is 2.74 bits per heavy atom. The molecule has 0 unspecified atom stereocenters. The molecular formula is C31H32N4O3S. The van der Waals surface area contributed by atoms with Crippen LogP contribution in [-0.2, 0) is 24.2 Å². The Kier molecular flexibility index (Phi) is 8.32. The van der Waals surface area contributed by atoms with Crippen LogP contribution >= 0.6 is 11.3 Å². The fraction of sp³-hybridized carbons (Fsp3) is 0.290. The van der Waals surface area contributed by atoms with Crippen molar-refractivity contribution in [2.75, 3.05) is 13.1 Å². The van der Waals surface area contributed by atoms with E-state index in [1.165, 1.54) is 22.5 Å². The number of aromatic nitrogens is 2. The van der Waals surface area contributed by atoms with Crippen molar-refractivity contribution in [2.45, 2.75) is 45.8 Å². The van der Waals surface area contributed by atoms with Crippen molar-refractivity contribution in [3.63, 3.8) is 0 Å². The molecule has 200 valence electrons. The number of amides is 2. The van der Waals surface area contributed by atoms with E-state index >= 15 is 0 Å². The summed E-state index contributed by atoms with van der Waals surface area (Å²) in [4.78, 5) is 36.1. The highest BCUT2D eigenvalue weighted by atomic mass is 32.1. The first kappa shape index (κ1) is 26.6. The summed E-state index contributed by atoms with van der Waals surface area (Å²) in [5.41, 5.74) is 5.92. The number of rotatable bonds is 9. The van der Waals surface area contributed by atoms with Crippen LogP contribution < -0.4 is 10.1 Å². The topological polar surface area (TPSA) is 84.4 Å². The van der Waals surface area contributed by atoms with Gasteiger partial charge in [-0.2, -0.15) is 0 Å². The Hall–Kier alpha value is -4.04. The van der Waals surface area contributed by atoms with E-state index < -0.39 is 0 Å². The lowest BCUT2D eigenvalue weighted by molar-refractivity contribution is -0.132. The summed E-state index contributed by atoms with van der Waals surface area (Å²) in [6, 6.07) is 20.1. The van der Waals surface area contributed by atoms with Crippen molar-refractivity contribution >= 4 is 23.2 Å². The van der Waals surface area contributed by atoms with Crippen molar-refractivity contribution in [1.82, 2.24) is 20.2 Å². The molecule has 2 amide bonds. The first-order valence-electron chi connectivity index (χ1n) is 13.3. The van der Waals surface area contributed by atoms with Gasteiger partial charge in [0.15, 0.2) is 0 Å². The van der Waals surface area contributed by atoms with Crippen molar-refractivity contribution in [2.24, 2.45) is 0 Å². The zero-order valence-corrected chi connectivity index (χ0v) is 23.0. The zero-order valence-electron chi connectivity index (χ0n) is 22.2. The molecule has 0 radical (unpaired) electrons. The molecule has 0 spiro atoms. The van der Waals surface area contributed by atoms with Gasteiger partial charge in [-0.25, -0.2) is 4.98 Å². The van der Waals surface area contributed by atoms with E-state index in [1.807, 2.05) is 42.2 Å². The molecule has 4 aromatic rings. The summed E-state index contributed by atoms with van der Waals surface area (Å²) in [5.74, 6) is 0.656. The number of hydrogen-bond donors (Lipinski definition) is 1. The third-order valence-electron chi connectivity index (χ3n) is 6.90. The maximum absolute atomic E-state index is 12.9. The van der Waals surface area contributed by atoms with E-state index in [-0.39, 0.29) is 24.5 Å². The molecule has 1 aliphatic heterocycles. The first-order valence-corrected chi connectivity index (χ1v) is 14.1. The van der Waals surface area contributed by atoms with Gasteiger partial charge in [0.25, 0.3) is 5.91 Å². The second kappa shape index (κ2) is 12.2. The van der Waals surface area contributed by atoms with Crippen LogP contribution in [0.25, 0.3) is 0 Å². The minimum absolute atomic E-state index is 0.145. The molecule has 0 aliphatic carbocycles. The van der Waals surface area contributed by atoms with Crippen LogP contribution in [0.5, 0.6) is 5.75 Å². The Morgan fingerprint density at radius 2 is 1.97 bits per heavy atom. The van der Waals surface area contributed by atoms with E-state index in [0.29, 0.717) is 37.4 Å². The van der Waals surface area contributed by atoms with Crippen LogP contribution in [0.15, 0.2) is 72.2 Å². The fourth-order valence-electron chi connectivity index (χ4n) is 4.83. The Labute approximate surface area is 232 Å². The number of fused-ring (bicyclic) bond motifs is 1. The van der Waals surface area contributed by atoms with E-state index in [1.54, 1.807) is 11.6 Å². The number of aryl methyl sites for hydroxylation is 1. The molecule has 1 aliphatic rings. The smallest absolute Gasteiger partial charge is 0.270 e. The molecule has 2 aromatic carbocycles. The van der Waals surface area contributed by atoms with Crippen LogP contribution in [0.3, 0.4) is 0 Å². The van der Waals surface area contributed by atoms with Crippen LogP contribution in [-0.4, -0.2) is 39.8 Å². The molecule has 1 N–H and O–H groups in total. The molecule has 8 heteroatoms. The molecule has 0 fully saturated rings. The second-order valence-corrected chi connectivity index (χ2v) is 10.5. The monoisotopic (exact) mass is 540 g/mol. The van der Waals surface area contributed by atoms with Gasteiger partial charge in [0, 0.05) is 43.2 Å². The van der Waals surface area contributed by atoms with Gasteiger partial charge in [-0.3, -0.25) is 14.6 Å². The van der Waals surface area contributed by atoms with E-state index in [2.05, 4.69) is 52.5 Å². The third kappa shape index (κ3) is 6.34. The van der Waals surface area contributed by atoms with Gasteiger partial charge in [0.1, 0.15) is 23.1 Å². The van der Waals surface area contributed by atoms with Gasteiger partial charge in [0.2, 0.25) is 5.91 Å². The largest absolute Gasteiger partial charge is 0.486 e. The standard InChI is InChI=1S/C31H32N4O3S/c1-3-29(36)35-17-14-22-11-12-25(18-26(22)30(35)23-9-7-21(2)8-10-23)38-19-28-34-27(20-39-28)31(37)33-16-13-24-6-4-5-15-32-24/h4-12,15,18,20,30H,3,13-14,16-17,19H2,1-2H3,(H,33,37)/t30-/m1/s1. The van der Waals surface area contributed by atoms with Gasteiger partial charge in [-0.1, -0.05) is 48.9 Å². The van der Waals surface area contributed by atoms with Gasteiger partial charge in [0.05, 0.1) is 6.04 Å². The normalized spacial score (nSPS) is 14.5. The lowest BCUT2D eigenvalue weighted by atomic mass is 9.87. The highest BCUT2D eigenvalue weighted by Gasteiger charge is 2.31. The molecule has 3 heterocycles. The number of pyridine rings is 1. The number of nitrogens with zero attached hydrogens (tertiary/aromatic N) is 3. The zero-order chi connectivity index (χ0) is 27.2. The van der Waals surface area contributed by atoms with E-state index in [0.717, 1.165) is 28.2 Å². The lowest BCUT2D eigenvalue weighted by Crippen LogP contribution is -2.40. The number of thiazole rings is 1. The Balaban J connectivity index is 1.26. The molecule has 0 saturated carbocycles. The maximum atomic E-state index is 12.9. The molecule has 1 atom stereocenters. The molecule has 5 rings (SSSR count). The first-order chi connectivity index (χ1) is 19.0. The number of hydrogen-bond acceptors (Lipinski definition) is 6. The van der Waals surface area contributed by atoms with Gasteiger partial charge in [-0.15, -0.1) is 11.3 Å². The summed E-state index contributed by atoms with van der Waals surface area (Å²) >= 11 is 1.40. The molecule has 2 aromatic heterocycles. The average Bonchev–Trinajstić information content (AvgIpc) is 3.45. The summed E-state index contributed by atoms with van der Waals surface area (Å²) in [6.07, 6.45) is 3.69. The lowest BCUT2D eigenvalue weighted by Gasteiger charge is -2.38. The van der Waals surface area contributed by atoms with Crippen LogP contribution in [0, 0.1) is 6.92 Å². The highest BCUT2D eigenvalue weighted by molar-refractivity contribution is 7.09. The number of carbonyl (C=O) groups excluding carboxylic acids is 2. The van der Waals surface area contributed by atoms with Gasteiger partial charge < -0.3 is 15.0 Å². The average molecular weight is 541 g/mol. The maximum Gasteiger partial charge on any atom is 0.270 e. The van der Waals surface area contributed by atoms with E-state index in [4.69, 9.17) is 4.74 Å². The molecular weight excluding hydrogens is 508 g/mol. The molecule has 0 bridgehead atoms. The van der Waals surface area contributed by atoms with Crippen LogP contribution in [0.1, 0.15) is 62.8 Å². The Bertz CT molecular complexity index is 1440. The van der Waals surface area contributed by atoms with Gasteiger partial charge in [-0.05, 0) is 54.3 Å². The van der Waals surface area contributed by atoms with Crippen LogP contribution in [0.2, 0.25) is 0 Å².